The van der Waals surface area contributed by atoms with Crippen molar-refractivity contribution in [1.82, 2.24) is 14.9 Å². The van der Waals surface area contributed by atoms with E-state index < -0.39 is 32.2 Å². The zero-order chi connectivity index (χ0) is 27.1. The molecular formula is C27H27N3O7S. The summed E-state index contributed by atoms with van der Waals surface area (Å²) in [5.41, 5.74) is 1.44. The molecule has 1 aliphatic carbocycles. The maximum atomic E-state index is 13.8. The predicted octanol–water partition coefficient (Wildman–Crippen LogP) is 4.02. The molecule has 2 aromatic heterocycles. The van der Waals surface area contributed by atoms with Crippen molar-refractivity contribution in [3.8, 4) is 22.5 Å². The summed E-state index contributed by atoms with van der Waals surface area (Å²) in [6.45, 7) is 0.122. The standard InChI is InChI=1S/C27H27N3O7S/c1-36-16-15-30-24(31)21-20(17-7-4-3-5-8-17)22(37-23(21)28-25(30)38(2,34)35)18-9-11-19(12-10-18)27(13-6-14-27)29-26(32)33/h3-5,7-12,29H,6,13-16H2,1-2H3,(H,32,33). The van der Waals surface area contributed by atoms with Crippen LogP contribution in [0.15, 0.2) is 69.0 Å². The highest BCUT2D eigenvalue weighted by Gasteiger charge is 2.40. The topological polar surface area (TPSA) is 141 Å². The van der Waals surface area contributed by atoms with Gasteiger partial charge in [0.25, 0.3) is 5.56 Å². The van der Waals surface area contributed by atoms with Crippen LogP contribution in [0.4, 0.5) is 4.79 Å². The second-order valence-corrected chi connectivity index (χ2v) is 11.3. The Balaban J connectivity index is 1.73. The SMILES string of the molecule is COCCn1c(S(C)(=O)=O)nc2oc(-c3ccc(C4(NC(=O)O)CCC4)cc3)c(-c3ccccc3)c2c1=O. The van der Waals surface area contributed by atoms with E-state index in [0.717, 1.165) is 22.8 Å². The van der Waals surface area contributed by atoms with Gasteiger partial charge in [0.2, 0.25) is 20.7 Å². The summed E-state index contributed by atoms with van der Waals surface area (Å²) in [5, 5.41) is 11.7. The summed E-state index contributed by atoms with van der Waals surface area (Å²) in [6.07, 6.45) is 2.25. The van der Waals surface area contributed by atoms with E-state index in [4.69, 9.17) is 9.15 Å². The number of carbonyl (C=O) groups is 1. The van der Waals surface area contributed by atoms with Gasteiger partial charge >= 0.3 is 6.09 Å². The van der Waals surface area contributed by atoms with E-state index in [2.05, 4.69) is 10.3 Å². The molecule has 1 amide bonds. The molecule has 2 N–H and O–H groups in total. The van der Waals surface area contributed by atoms with Gasteiger partial charge in [0, 0.05) is 24.5 Å². The number of carboxylic acid groups (broad SMARTS) is 1. The molecule has 5 rings (SSSR count). The molecule has 11 heteroatoms. The Hall–Kier alpha value is -3.96. The number of rotatable bonds is 8. The number of benzene rings is 2. The number of amides is 1. The first-order valence-corrected chi connectivity index (χ1v) is 14.0. The first-order valence-electron chi connectivity index (χ1n) is 12.1. The van der Waals surface area contributed by atoms with Gasteiger partial charge in [0.15, 0.2) is 0 Å². The molecule has 0 atom stereocenters. The zero-order valence-corrected chi connectivity index (χ0v) is 21.7. The molecule has 1 saturated carbocycles. The lowest BCUT2D eigenvalue weighted by molar-refractivity contribution is 0.144. The van der Waals surface area contributed by atoms with Crippen LogP contribution in [0, 0.1) is 0 Å². The summed E-state index contributed by atoms with van der Waals surface area (Å²) >= 11 is 0. The number of methoxy groups -OCH3 is 1. The molecule has 0 unspecified atom stereocenters. The van der Waals surface area contributed by atoms with Crippen LogP contribution in [-0.4, -0.2) is 49.1 Å². The van der Waals surface area contributed by atoms with Crippen LogP contribution in [0.2, 0.25) is 0 Å². The number of furan rings is 1. The molecule has 1 aliphatic rings. The first kappa shape index (κ1) is 25.7. The molecule has 0 radical (unpaired) electrons. The largest absolute Gasteiger partial charge is 0.465 e. The smallest absolute Gasteiger partial charge is 0.405 e. The van der Waals surface area contributed by atoms with Gasteiger partial charge in [-0.15, -0.1) is 0 Å². The maximum Gasteiger partial charge on any atom is 0.405 e. The van der Waals surface area contributed by atoms with Crippen molar-refractivity contribution in [2.24, 2.45) is 0 Å². The molecule has 0 aliphatic heterocycles. The molecule has 0 saturated heterocycles. The van der Waals surface area contributed by atoms with E-state index in [1.54, 1.807) is 0 Å². The van der Waals surface area contributed by atoms with Crippen LogP contribution in [0.25, 0.3) is 33.6 Å². The Morgan fingerprint density at radius 2 is 1.82 bits per heavy atom. The van der Waals surface area contributed by atoms with Crippen LogP contribution >= 0.6 is 0 Å². The summed E-state index contributed by atoms with van der Waals surface area (Å²) < 4.78 is 37.4. The quantitative estimate of drug-likeness (QED) is 0.321. The van der Waals surface area contributed by atoms with E-state index in [1.165, 1.54) is 7.11 Å². The van der Waals surface area contributed by atoms with Gasteiger partial charge in [0.1, 0.15) is 11.1 Å². The molecular weight excluding hydrogens is 510 g/mol. The van der Waals surface area contributed by atoms with Crippen molar-refractivity contribution in [3.05, 3.63) is 70.5 Å². The number of hydrogen-bond donors (Lipinski definition) is 2. The molecule has 2 heterocycles. The van der Waals surface area contributed by atoms with Crippen LogP contribution in [-0.2, 0) is 26.7 Å². The summed E-state index contributed by atoms with van der Waals surface area (Å²) in [7, 11) is -2.39. The summed E-state index contributed by atoms with van der Waals surface area (Å²) in [6, 6.07) is 16.5. The fraction of sp³-hybridized carbons (Fsp3) is 0.296. The van der Waals surface area contributed by atoms with Gasteiger partial charge in [-0.25, -0.2) is 13.2 Å². The van der Waals surface area contributed by atoms with Crippen molar-refractivity contribution < 1.29 is 27.5 Å². The molecule has 1 fully saturated rings. The van der Waals surface area contributed by atoms with Crippen molar-refractivity contribution in [3.63, 3.8) is 0 Å². The molecule has 0 bridgehead atoms. The van der Waals surface area contributed by atoms with E-state index in [1.807, 2.05) is 54.6 Å². The fourth-order valence-electron chi connectivity index (χ4n) is 4.97. The van der Waals surface area contributed by atoms with Crippen molar-refractivity contribution in [1.29, 1.82) is 0 Å². The average Bonchev–Trinajstić information content (AvgIpc) is 3.25. The first-order chi connectivity index (χ1) is 18.1. The van der Waals surface area contributed by atoms with E-state index in [9.17, 15) is 23.1 Å². The number of hydrogen-bond acceptors (Lipinski definition) is 7. The van der Waals surface area contributed by atoms with Crippen molar-refractivity contribution in [2.75, 3.05) is 20.0 Å². The van der Waals surface area contributed by atoms with Gasteiger partial charge < -0.3 is 19.6 Å². The number of aromatic nitrogens is 2. The number of ether oxygens (including phenoxy) is 1. The number of nitrogens with zero attached hydrogens (tertiary/aromatic N) is 2. The van der Waals surface area contributed by atoms with E-state index >= 15 is 0 Å². The number of fused-ring (bicyclic) bond motifs is 1. The minimum Gasteiger partial charge on any atom is -0.465 e. The molecule has 0 spiro atoms. The molecule has 38 heavy (non-hydrogen) atoms. The third-order valence-corrected chi connectivity index (χ3v) is 7.92. The fourth-order valence-corrected chi connectivity index (χ4v) is 5.80. The number of nitrogens with one attached hydrogen (secondary N) is 1. The van der Waals surface area contributed by atoms with Crippen LogP contribution in [0.5, 0.6) is 0 Å². The highest BCUT2D eigenvalue weighted by molar-refractivity contribution is 7.90. The predicted molar refractivity (Wildman–Crippen MR) is 141 cm³/mol. The third-order valence-electron chi connectivity index (χ3n) is 6.94. The molecule has 2 aromatic carbocycles. The third kappa shape index (κ3) is 4.48. The maximum absolute atomic E-state index is 13.8. The van der Waals surface area contributed by atoms with Gasteiger partial charge in [-0.1, -0.05) is 54.6 Å². The molecule has 4 aromatic rings. The normalized spacial score (nSPS) is 14.8. The molecule has 198 valence electrons. The highest BCUT2D eigenvalue weighted by atomic mass is 32.2. The Labute approximate surface area is 218 Å². The van der Waals surface area contributed by atoms with Crippen molar-refractivity contribution in [2.45, 2.75) is 36.5 Å². The van der Waals surface area contributed by atoms with E-state index in [-0.39, 0.29) is 24.3 Å². The monoisotopic (exact) mass is 537 g/mol. The zero-order valence-electron chi connectivity index (χ0n) is 20.9. The summed E-state index contributed by atoms with van der Waals surface area (Å²) in [4.78, 5) is 29.4. The lowest BCUT2D eigenvalue weighted by Gasteiger charge is -2.42. The lowest BCUT2D eigenvalue weighted by Crippen LogP contribution is -2.50. The van der Waals surface area contributed by atoms with Crippen LogP contribution in [0.1, 0.15) is 24.8 Å². The second kappa shape index (κ2) is 9.73. The molecule has 10 nitrogen and oxygen atoms in total. The van der Waals surface area contributed by atoms with E-state index in [0.29, 0.717) is 35.3 Å². The minimum atomic E-state index is -3.86. The van der Waals surface area contributed by atoms with Gasteiger partial charge in [0.05, 0.1) is 18.7 Å². The Kier molecular flexibility index (Phi) is 6.58. The average molecular weight is 538 g/mol. The van der Waals surface area contributed by atoms with Crippen molar-refractivity contribution >= 4 is 27.0 Å². The van der Waals surface area contributed by atoms with Gasteiger partial charge in [-0.3, -0.25) is 9.36 Å². The summed E-state index contributed by atoms with van der Waals surface area (Å²) in [5.74, 6) is 0.361. The Bertz CT molecular complexity index is 1670. The Morgan fingerprint density at radius 3 is 2.37 bits per heavy atom. The van der Waals surface area contributed by atoms with Gasteiger partial charge in [-0.05, 0) is 30.4 Å². The minimum absolute atomic E-state index is 0.00275. The lowest BCUT2D eigenvalue weighted by atomic mass is 9.72. The second-order valence-electron chi connectivity index (χ2n) is 9.41. The Morgan fingerprint density at radius 1 is 1.13 bits per heavy atom. The van der Waals surface area contributed by atoms with Crippen LogP contribution < -0.4 is 10.9 Å². The van der Waals surface area contributed by atoms with Gasteiger partial charge in [-0.2, -0.15) is 4.98 Å². The van der Waals surface area contributed by atoms with Crippen LogP contribution in [0.3, 0.4) is 0 Å². The number of sulfone groups is 1. The highest BCUT2D eigenvalue weighted by Crippen LogP contribution is 2.43.